The molecule has 0 radical (unpaired) electrons. The highest BCUT2D eigenvalue weighted by molar-refractivity contribution is 8.00. The van der Waals surface area contributed by atoms with E-state index >= 15 is 0 Å². The smallest absolute Gasteiger partial charge is 0.208 e. The molecule has 5 heteroatoms. The second-order valence-corrected chi connectivity index (χ2v) is 6.51. The molecule has 1 fully saturated rings. The number of hydrogen-bond acceptors (Lipinski definition) is 3. The summed E-state index contributed by atoms with van der Waals surface area (Å²) in [5.74, 6) is 0.883. The van der Waals surface area contributed by atoms with Gasteiger partial charge in [0.25, 0.3) is 0 Å². The lowest BCUT2D eigenvalue weighted by atomic mass is 10.3. The molecule has 0 saturated carbocycles. The standard InChI is InChI=1S/C8H15NO2S2/c1-3-13(10,11)9-5-4-8(2)12-7-6-9/h3,8H,1,4-7H2,2H3. The van der Waals surface area contributed by atoms with Crippen LogP contribution in [-0.4, -0.2) is 36.8 Å². The molecule has 76 valence electrons. The Bertz CT molecular complexity index is 274. The molecule has 3 nitrogen and oxygen atoms in total. The monoisotopic (exact) mass is 221 g/mol. The van der Waals surface area contributed by atoms with Crippen molar-refractivity contribution in [2.45, 2.75) is 18.6 Å². The number of hydrogen-bond donors (Lipinski definition) is 0. The lowest BCUT2D eigenvalue weighted by Crippen LogP contribution is -2.31. The zero-order chi connectivity index (χ0) is 9.90. The second-order valence-electron chi connectivity index (χ2n) is 3.08. The summed E-state index contributed by atoms with van der Waals surface area (Å²) < 4.78 is 24.3. The minimum atomic E-state index is -3.18. The van der Waals surface area contributed by atoms with Crippen LogP contribution in [0.4, 0.5) is 0 Å². The molecule has 0 amide bonds. The first-order valence-electron chi connectivity index (χ1n) is 4.30. The van der Waals surface area contributed by atoms with Gasteiger partial charge < -0.3 is 0 Å². The Hall–Kier alpha value is -0.0000000000000000555. The summed E-state index contributed by atoms with van der Waals surface area (Å²) >= 11 is 1.83. The van der Waals surface area contributed by atoms with Gasteiger partial charge in [-0.25, -0.2) is 8.42 Å². The third-order valence-electron chi connectivity index (χ3n) is 2.10. The van der Waals surface area contributed by atoms with E-state index < -0.39 is 10.0 Å². The van der Waals surface area contributed by atoms with Gasteiger partial charge in [0.05, 0.1) is 0 Å². The quantitative estimate of drug-likeness (QED) is 0.705. The maximum absolute atomic E-state index is 11.4. The Morgan fingerprint density at radius 1 is 1.54 bits per heavy atom. The van der Waals surface area contributed by atoms with E-state index in [-0.39, 0.29) is 0 Å². The van der Waals surface area contributed by atoms with Gasteiger partial charge in [-0.15, -0.1) is 0 Å². The summed E-state index contributed by atoms with van der Waals surface area (Å²) in [4.78, 5) is 0. The summed E-state index contributed by atoms with van der Waals surface area (Å²) in [6.45, 7) is 6.70. The molecule has 13 heavy (non-hydrogen) atoms. The Balaban J connectivity index is 2.67. The molecule has 1 atom stereocenters. The van der Waals surface area contributed by atoms with E-state index in [9.17, 15) is 8.42 Å². The van der Waals surface area contributed by atoms with E-state index in [1.165, 1.54) is 4.31 Å². The van der Waals surface area contributed by atoms with Crippen LogP contribution < -0.4 is 0 Å². The van der Waals surface area contributed by atoms with Crippen LogP contribution in [0.15, 0.2) is 12.0 Å². The van der Waals surface area contributed by atoms with Gasteiger partial charge in [0.2, 0.25) is 10.0 Å². The molecule has 1 aliphatic rings. The van der Waals surface area contributed by atoms with Crippen LogP contribution in [0.5, 0.6) is 0 Å². The topological polar surface area (TPSA) is 37.4 Å². The molecule has 1 saturated heterocycles. The van der Waals surface area contributed by atoms with Crippen LogP contribution in [0.1, 0.15) is 13.3 Å². The summed E-state index contributed by atoms with van der Waals surface area (Å²) in [5, 5.41) is 1.60. The molecule has 0 spiro atoms. The molecular weight excluding hydrogens is 206 g/mol. The number of nitrogens with zero attached hydrogens (tertiary/aromatic N) is 1. The average molecular weight is 221 g/mol. The second kappa shape index (κ2) is 4.48. The first-order valence-corrected chi connectivity index (χ1v) is 6.85. The van der Waals surface area contributed by atoms with Gasteiger partial charge in [-0.3, -0.25) is 0 Å². The van der Waals surface area contributed by atoms with Gasteiger partial charge in [0.15, 0.2) is 0 Å². The zero-order valence-electron chi connectivity index (χ0n) is 7.77. The molecule has 1 aliphatic heterocycles. The molecular formula is C8H15NO2S2. The van der Waals surface area contributed by atoms with Crippen LogP contribution in [0.25, 0.3) is 0 Å². The lowest BCUT2D eigenvalue weighted by Gasteiger charge is -2.16. The average Bonchev–Trinajstić information content (AvgIpc) is 2.30. The van der Waals surface area contributed by atoms with Crippen molar-refractivity contribution < 1.29 is 8.42 Å². The lowest BCUT2D eigenvalue weighted by molar-refractivity contribution is 0.436. The zero-order valence-corrected chi connectivity index (χ0v) is 9.40. The predicted octanol–water partition coefficient (Wildman–Crippen LogP) is 1.29. The van der Waals surface area contributed by atoms with Crippen LogP contribution in [0.3, 0.4) is 0 Å². The fourth-order valence-corrected chi connectivity index (χ4v) is 3.27. The maximum Gasteiger partial charge on any atom is 0.235 e. The first-order chi connectivity index (χ1) is 6.06. The largest absolute Gasteiger partial charge is 0.235 e. The van der Waals surface area contributed by atoms with Crippen molar-refractivity contribution in [2.75, 3.05) is 18.8 Å². The molecule has 1 unspecified atom stereocenters. The Kier molecular flexibility index (Phi) is 3.82. The van der Waals surface area contributed by atoms with E-state index in [1.807, 2.05) is 11.8 Å². The molecule has 1 rings (SSSR count). The van der Waals surface area contributed by atoms with Crippen molar-refractivity contribution in [2.24, 2.45) is 0 Å². The molecule has 0 aliphatic carbocycles. The third-order valence-corrected chi connectivity index (χ3v) is 4.83. The Morgan fingerprint density at radius 2 is 2.23 bits per heavy atom. The maximum atomic E-state index is 11.4. The van der Waals surface area contributed by atoms with Crippen LogP contribution in [0.2, 0.25) is 0 Å². The Labute approximate surface area is 84.2 Å². The fourth-order valence-electron chi connectivity index (χ4n) is 1.24. The van der Waals surface area contributed by atoms with Gasteiger partial charge in [0, 0.05) is 29.5 Å². The van der Waals surface area contributed by atoms with Crippen molar-refractivity contribution in [3.05, 3.63) is 12.0 Å². The molecule has 0 N–H and O–H groups in total. The van der Waals surface area contributed by atoms with Gasteiger partial charge in [-0.1, -0.05) is 13.5 Å². The predicted molar refractivity (Wildman–Crippen MR) is 57.2 cm³/mol. The van der Waals surface area contributed by atoms with Crippen LogP contribution in [0, 0.1) is 0 Å². The minimum absolute atomic E-state index is 0.560. The van der Waals surface area contributed by atoms with Crippen molar-refractivity contribution in [1.82, 2.24) is 4.31 Å². The number of thioether (sulfide) groups is 1. The molecule has 0 aromatic rings. The number of rotatable bonds is 2. The molecule has 1 heterocycles. The van der Waals surface area contributed by atoms with Gasteiger partial charge in [-0.05, 0) is 6.42 Å². The third kappa shape index (κ3) is 3.00. The molecule has 0 aromatic heterocycles. The van der Waals surface area contributed by atoms with Gasteiger partial charge >= 0.3 is 0 Å². The minimum Gasteiger partial charge on any atom is -0.208 e. The van der Waals surface area contributed by atoms with Gasteiger partial charge in [-0.2, -0.15) is 16.1 Å². The summed E-state index contributed by atoms with van der Waals surface area (Å²) in [5.41, 5.74) is 0. The van der Waals surface area contributed by atoms with Gasteiger partial charge in [0.1, 0.15) is 0 Å². The van der Waals surface area contributed by atoms with Crippen molar-refractivity contribution in [3.8, 4) is 0 Å². The SMILES string of the molecule is C=CS(=O)(=O)N1CCSC(C)CC1. The van der Waals surface area contributed by atoms with E-state index in [1.54, 1.807) is 0 Å². The summed E-state index contributed by atoms with van der Waals surface area (Å²) in [7, 11) is -3.18. The number of sulfonamides is 1. The normalized spacial score (nSPS) is 26.7. The molecule has 0 bridgehead atoms. The van der Waals surface area contributed by atoms with E-state index in [0.29, 0.717) is 18.3 Å². The van der Waals surface area contributed by atoms with Crippen molar-refractivity contribution >= 4 is 21.8 Å². The van der Waals surface area contributed by atoms with Crippen molar-refractivity contribution in [3.63, 3.8) is 0 Å². The highest BCUT2D eigenvalue weighted by Gasteiger charge is 2.21. The fraction of sp³-hybridized carbons (Fsp3) is 0.750. The Morgan fingerprint density at radius 3 is 2.85 bits per heavy atom. The summed E-state index contributed by atoms with van der Waals surface area (Å²) in [6.07, 6.45) is 0.928. The summed E-state index contributed by atoms with van der Waals surface area (Å²) in [6, 6.07) is 0. The van der Waals surface area contributed by atoms with E-state index in [2.05, 4.69) is 13.5 Å². The highest BCUT2D eigenvalue weighted by Crippen LogP contribution is 2.20. The molecule has 0 aromatic carbocycles. The first kappa shape index (κ1) is 11.1. The van der Waals surface area contributed by atoms with E-state index in [0.717, 1.165) is 17.6 Å². The van der Waals surface area contributed by atoms with Crippen LogP contribution >= 0.6 is 11.8 Å². The van der Waals surface area contributed by atoms with Crippen LogP contribution in [-0.2, 0) is 10.0 Å². The van der Waals surface area contributed by atoms with E-state index in [4.69, 9.17) is 0 Å². The highest BCUT2D eigenvalue weighted by atomic mass is 32.2. The van der Waals surface area contributed by atoms with Crippen molar-refractivity contribution in [1.29, 1.82) is 0 Å².